The van der Waals surface area contributed by atoms with Gasteiger partial charge in [0, 0.05) is 19.6 Å². The first-order valence-corrected chi connectivity index (χ1v) is 8.75. The van der Waals surface area contributed by atoms with Gasteiger partial charge in [0.1, 0.15) is 0 Å². The minimum Gasteiger partial charge on any atom is -0.381 e. The predicted molar refractivity (Wildman–Crippen MR) is 98.7 cm³/mol. The van der Waals surface area contributed by atoms with Crippen LogP contribution in [0, 0.1) is 5.92 Å². The van der Waals surface area contributed by atoms with Crippen LogP contribution in [0.3, 0.4) is 0 Å². The summed E-state index contributed by atoms with van der Waals surface area (Å²) in [5, 5.41) is 2.61. The Kier molecular flexibility index (Phi) is 8.27. The third kappa shape index (κ3) is 5.38. The summed E-state index contributed by atoms with van der Waals surface area (Å²) in [5.41, 5.74) is 0.350. The van der Waals surface area contributed by atoms with Gasteiger partial charge in [0.25, 0.3) is 5.56 Å². The number of aromatic amines is 1. The third-order valence-electron chi connectivity index (χ3n) is 3.72. The van der Waals surface area contributed by atoms with Crippen LogP contribution in [0.2, 0.25) is 0 Å². The Hall–Kier alpha value is -2.22. The Morgan fingerprint density at radius 1 is 1.40 bits per heavy atom. The number of anilines is 1. The van der Waals surface area contributed by atoms with Gasteiger partial charge >= 0.3 is 0 Å². The number of nitrogens with one attached hydrogen (secondary N) is 2. The molecule has 0 fully saturated rings. The number of imidazole rings is 1. The molecule has 2 rings (SSSR count). The quantitative estimate of drug-likeness (QED) is 0.798. The number of aryl methyl sites for hydroxylation is 1. The minimum atomic E-state index is -0.369. The maximum atomic E-state index is 12.1. The summed E-state index contributed by atoms with van der Waals surface area (Å²) < 4.78 is 7.16. The van der Waals surface area contributed by atoms with E-state index in [1.54, 1.807) is 31.9 Å². The van der Waals surface area contributed by atoms with E-state index in [1.807, 2.05) is 13.8 Å². The number of H-pyrrole nitrogens is 1. The molecule has 0 saturated heterocycles. The van der Waals surface area contributed by atoms with Gasteiger partial charge in [0.15, 0.2) is 11.2 Å². The number of carbonyl (C=O) groups excluding carboxylic acids is 1. The van der Waals surface area contributed by atoms with E-state index in [9.17, 15) is 9.59 Å². The second-order valence-corrected chi connectivity index (χ2v) is 5.72. The molecule has 0 bridgehead atoms. The summed E-state index contributed by atoms with van der Waals surface area (Å²) in [6, 6.07) is 0. The molecule has 0 radical (unpaired) electrons. The first-order valence-electron chi connectivity index (χ1n) is 8.75. The molecule has 1 unspecified atom stereocenters. The second kappa shape index (κ2) is 9.93. The molecule has 0 aromatic carbocycles. The average molecular weight is 351 g/mol. The first-order chi connectivity index (χ1) is 12.0. The van der Waals surface area contributed by atoms with Crippen molar-refractivity contribution in [2.45, 2.75) is 60.1 Å². The number of carbonyl (C=O) groups is 1. The van der Waals surface area contributed by atoms with E-state index >= 15 is 0 Å². The van der Waals surface area contributed by atoms with Gasteiger partial charge in [-0.15, -0.1) is 0 Å². The number of amides is 1. The SMILES string of the molecule is CC.CCC(CCn1cnc2c(=O)[nH]c(NC(=O)C(C)C)nc21)OC. The van der Waals surface area contributed by atoms with Gasteiger partial charge in [-0.3, -0.25) is 19.9 Å². The molecular weight excluding hydrogens is 322 g/mol. The summed E-state index contributed by atoms with van der Waals surface area (Å²) >= 11 is 0. The molecule has 140 valence electrons. The van der Waals surface area contributed by atoms with Crippen LogP contribution in [-0.4, -0.2) is 38.6 Å². The largest absolute Gasteiger partial charge is 0.381 e. The zero-order valence-electron chi connectivity index (χ0n) is 15.9. The van der Waals surface area contributed by atoms with Crippen LogP contribution in [-0.2, 0) is 16.1 Å². The molecule has 2 N–H and O–H groups in total. The van der Waals surface area contributed by atoms with Crippen LogP contribution in [0.4, 0.5) is 5.95 Å². The van der Waals surface area contributed by atoms with E-state index in [0.717, 1.165) is 12.8 Å². The van der Waals surface area contributed by atoms with E-state index in [-0.39, 0.29) is 35.0 Å². The van der Waals surface area contributed by atoms with Gasteiger partial charge in [0.2, 0.25) is 11.9 Å². The van der Waals surface area contributed by atoms with Crippen LogP contribution >= 0.6 is 0 Å². The van der Waals surface area contributed by atoms with Gasteiger partial charge in [-0.1, -0.05) is 34.6 Å². The number of ether oxygens (including phenoxy) is 1. The normalized spacial score (nSPS) is 12.0. The fraction of sp³-hybridized carbons (Fsp3) is 0.647. The van der Waals surface area contributed by atoms with Crippen molar-refractivity contribution < 1.29 is 9.53 Å². The van der Waals surface area contributed by atoms with E-state index in [0.29, 0.717) is 12.2 Å². The lowest BCUT2D eigenvalue weighted by molar-refractivity contribution is -0.118. The molecule has 2 heterocycles. The van der Waals surface area contributed by atoms with Crippen molar-refractivity contribution in [2.75, 3.05) is 12.4 Å². The highest BCUT2D eigenvalue weighted by Crippen LogP contribution is 2.11. The smallest absolute Gasteiger partial charge is 0.280 e. The zero-order valence-corrected chi connectivity index (χ0v) is 15.9. The molecule has 8 nitrogen and oxygen atoms in total. The maximum Gasteiger partial charge on any atom is 0.280 e. The minimum absolute atomic E-state index is 0.140. The number of methoxy groups -OCH3 is 1. The summed E-state index contributed by atoms with van der Waals surface area (Å²) in [4.78, 5) is 34.8. The number of hydrogen-bond donors (Lipinski definition) is 2. The van der Waals surface area contributed by atoms with Gasteiger partial charge in [-0.05, 0) is 12.8 Å². The molecule has 0 aliphatic carbocycles. The monoisotopic (exact) mass is 351 g/mol. The molecule has 0 spiro atoms. The third-order valence-corrected chi connectivity index (χ3v) is 3.72. The second-order valence-electron chi connectivity index (χ2n) is 5.72. The van der Waals surface area contributed by atoms with E-state index < -0.39 is 0 Å². The lowest BCUT2D eigenvalue weighted by atomic mass is 10.2. The van der Waals surface area contributed by atoms with E-state index in [4.69, 9.17) is 4.74 Å². The van der Waals surface area contributed by atoms with Crippen molar-refractivity contribution in [3.8, 4) is 0 Å². The molecule has 2 aromatic rings. The number of rotatable bonds is 7. The van der Waals surface area contributed by atoms with Crippen LogP contribution in [0.5, 0.6) is 0 Å². The Morgan fingerprint density at radius 3 is 2.64 bits per heavy atom. The highest BCUT2D eigenvalue weighted by atomic mass is 16.5. The summed E-state index contributed by atoms with van der Waals surface area (Å²) in [6.45, 7) is 10.2. The maximum absolute atomic E-state index is 12.1. The van der Waals surface area contributed by atoms with Crippen molar-refractivity contribution in [1.29, 1.82) is 0 Å². The standard InChI is InChI=1S/C15H23N5O3.C2H6/c1-5-10(23-4)6-7-20-8-16-11-12(20)17-15(19-14(11)22)18-13(21)9(2)3;1-2/h8-10H,5-7H2,1-4H3,(H2,17,18,19,21,22);1-2H3. The average Bonchev–Trinajstić information content (AvgIpc) is 3.01. The van der Waals surface area contributed by atoms with Gasteiger partial charge in [0.05, 0.1) is 12.4 Å². The number of aromatic nitrogens is 4. The summed E-state index contributed by atoms with van der Waals surface area (Å²) in [7, 11) is 1.68. The molecule has 1 atom stereocenters. The highest BCUT2D eigenvalue weighted by molar-refractivity contribution is 5.91. The molecule has 2 aromatic heterocycles. The fourth-order valence-electron chi connectivity index (χ4n) is 2.21. The fourth-order valence-corrected chi connectivity index (χ4v) is 2.21. The zero-order chi connectivity index (χ0) is 19.0. The van der Waals surface area contributed by atoms with Crippen LogP contribution < -0.4 is 10.9 Å². The van der Waals surface area contributed by atoms with E-state index in [2.05, 4.69) is 27.2 Å². The molecular formula is C17H29N5O3. The Morgan fingerprint density at radius 2 is 2.08 bits per heavy atom. The van der Waals surface area contributed by atoms with Crippen molar-refractivity contribution in [3.05, 3.63) is 16.7 Å². The molecule has 8 heteroatoms. The Labute approximate surface area is 148 Å². The van der Waals surface area contributed by atoms with Gasteiger partial charge in [-0.2, -0.15) is 4.98 Å². The van der Waals surface area contributed by atoms with Crippen molar-refractivity contribution in [3.63, 3.8) is 0 Å². The van der Waals surface area contributed by atoms with Crippen LogP contribution in [0.15, 0.2) is 11.1 Å². The molecule has 1 amide bonds. The number of nitrogens with zero attached hydrogens (tertiary/aromatic N) is 3. The van der Waals surface area contributed by atoms with Crippen LogP contribution in [0.25, 0.3) is 11.2 Å². The lowest BCUT2D eigenvalue weighted by Crippen LogP contribution is -2.22. The summed E-state index contributed by atoms with van der Waals surface area (Å²) in [6.07, 6.45) is 3.44. The number of hydrogen-bond acceptors (Lipinski definition) is 5. The Balaban J connectivity index is 0.00000151. The number of fused-ring (bicyclic) bond motifs is 1. The van der Waals surface area contributed by atoms with Gasteiger partial charge in [-0.25, -0.2) is 4.98 Å². The van der Waals surface area contributed by atoms with Crippen molar-refractivity contribution >= 4 is 23.0 Å². The van der Waals surface area contributed by atoms with E-state index in [1.165, 1.54) is 0 Å². The van der Waals surface area contributed by atoms with Crippen molar-refractivity contribution in [2.24, 2.45) is 5.92 Å². The topological polar surface area (TPSA) is 102 Å². The molecule has 0 aliphatic heterocycles. The lowest BCUT2D eigenvalue weighted by Gasteiger charge is -2.13. The van der Waals surface area contributed by atoms with Gasteiger partial charge < -0.3 is 9.30 Å². The Bertz CT molecular complexity index is 731. The predicted octanol–water partition coefficient (Wildman–Crippen LogP) is 2.56. The van der Waals surface area contributed by atoms with Crippen LogP contribution in [0.1, 0.15) is 47.5 Å². The molecule has 0 saturated carbocycles. The molecule has 25 heavy (non-hydrogen) atoms. The highest BCUT2D eigenvalue weighted by Gasteiger charge is 2.14. The van der Waals surface area contributed by atoms with Crippen molar-refractivity contribution in [1.82, 2.24) is 19.5 Å². The molecule has 0 aliphatic rings. The first kappa shape index (κ1) is 20.8. The summed E-state index contributed by atoms with van der Waals surface area (Å²) in [5.74, 6) is -0.265.